The smallest absolute Gasteiger partial charge is 0.228 e. The van der Waals surface area contributed by atoms with E-state index in [1.807, 2.05) is 66.7 Å². The standard InChI is InChI=1S/C30H21N7O2/c38-26(11-18-5-2-1-3-6-18)33-22-12-20(14-31-16-22)21-13-24-28(36-37-29(24)32-15-21)30-34-25-8-4-7-23(27(25)35-30)19-9-10-39-17-19/h1-10,12-17H,11H2,(H,33,38)(H,34,35)(H,32,36,37). The van der Waals surface area contributed by atoms with E-state index in [1.165, 1.54) is 0 Å². The largest absolute Gasteiger partial charge is 0.472 e. The first-order chi connectivity index (χ1) is 19.2. The fourth-order valence-corrected chi connectivity index (χ4v) is 4.69. The molecule has 0 aliphatic heterocycles. The van der Waals surface area contributed by atoms with Gasteiger partial charge in [-0.25, -0.2) is 9.97 Å². The fourth-order valence-electron chi connectivity index (χ4n) is 4.69. The molecule has 5 aromatic heterocycles. The molecule has 0 unspecified atom stereocenters. The number of carbonyl (C=O) groups is 1. The second-order valence-corrected chi connectivity index (χ2v) is 9.17. The van der Waals surface area contributed by atoms with Gasteiger partial charge in [0.25, 0.3) is 0 Å². The molecule has 0 saturated carbocycles. The number of hydrogen-bond acceptors (Lipinski definition) is 6. The summed E-state index contributed by atoms with van der Waals surface area (Å²) in [6.45, 7) is 0. The molecule has 0 aliphatic rings. The third-order valence-corrected chi connectivity index (χ3v) is 6.55. The van der Waals surface area contributed by atoms with Crippen LogP contribution in [0.3, 0.4) is 0 Å². The number of furan rings is 1. The van der Waals surface area contributed by atoms with Crippen molar-refractivity contribution in [1.29, 1.82) is 0 Å². The minimum atomic E-state index is -0.106. The number of benzene rings is 2. The summed E-state index contributed by atoms with van der Waals surface area (Å²) in [5.41, 5.74) is 8.20. The van der Waals surface area contributed by atoms with Gasteiger partial charge in [-0.1, -0.05) is 42.5 Å². The van der Waals surface area contributed by atoms with Gasteiger partial charge in [-0.3, -0.25) is 14.9 Å². The van der Waals surface area contributed by atoms with Gasteiger partial charge in [0.05, 0.1) is 47.3 Å². The number of para-hydroxylation sites is 1. The number of nitrogens with one attached hydrogen (secondary N) is 3. The van der Waals surface area contributed by atoms with Crippen LogP contribution in [0.1, 0.15) is 5.56 Å². The highest BCUT2D eigenvalue weighted by Gasteiger charge is 2.16. The molecule has 0 saturated heterocycles. The Morgan fingerprint density at radius 1 is 0.923 bits per heavy atom. The van der Waals surface area contributed by atoms with E-state index in [9.17, 15) is 4.79 Å². The molecule has 2 aromatic carbocycles. The number of carbonyl (C=O) groups excluding carboxylic acids is 1. The van der Waals surface area contributed by atoms with E-state index in [0.29, 0.717) is 17.2 Å². The summed E-state index contributed by atoms with van der Waals surface area (Å²) in [5, 5.41) is 11.2. The van der Waals surface area contributed by atoms with Gasteiger partial charge in [-0.2, -0.15) is 5.10 Å². The Hall–Kier alpha value is -5.57. The number of hydrogen-bond donors (Lipinski definition) is 3. The second-order valence-electron chi connectivity index (χ2n) is 9.17. The first-order valence-corrected chi connectivity index (χ1v) is 12.4. The van der Waals surface area contributed by atoms with Gasteiger partial charge in [-0.05, 0) is 29.8 Å². The van der Waals surface area contributed by atoms with Crippen LogP contribution < -0.4 is 5.32 Å². The summed E-state index contributed by atoms with van der Waals surface area (Å²) in [6, 6.07) is 21.4. The van der Waals surface area contributed by atoms with Gasteiger partial charge in [0.1, 0.15) is 5.69 Å². The number of H-pyrrole nitrogens is 2. The number of amides is 1. The second kappa shape index (κ2) is 9.38. The number of pyridine rings is 2. The van der Waals surface area contributed by atoms with E-state index in [4.69, 9.17) is 9.40 Å². The first kappa shape index (κ1) is 22.6. The van der Waals surface area contributed by atoms with Crippen molar-refractivity contribution in [3.8, 4) is 33.8 Å². The molecule has 7 aromatic rings. The zero-order valence-electron chi connectivity index (χ0n) is 20.6. The molecule has 39 heavy (non-hydrogen) atoms. The van der Waals surface area contributed by atoms with Crippen molar-refractivity contribution in [1.82, 2.24) is 30.1 Å². The van der Waals surface area contributed by atoms with Gasteiger partial charge in [0, 0.05) is 34.6 Å². The Balaban J connectivity index is 1.21. The lowest BCUT2D eigenvalue weighted by Gasteiger charge is -2.07. The summed E-state index contributed by atoms with van der Waals surface area (Å²) in [6.07, 6.45) is 8.76. The molecule has 188 valence electrons. The molecule has 3 N–H and O–H groups in total. The molecular formula is C30H21N7O2. The number of nitrogens with zero attached hydrogens (tertiary/aromatic N) is 4. The Labute approximate surface area is 222 Å². The van der Waals surface area contributed by atoms with Crippen LogP contribution in [0.2, 0.25) is 0 Å². The molecule has 1 amide bonds. The van der Waals surface area contributed by atoms with Crippen LogP contribution in [0.4, 0.5) is 5.69 Å². The minimum Gasteiger partial charge on any atom is -0.472 e. The number of fused-ring (bicyclic) bond motifs is 2. The lowest BCUT2D eigenvalue weighted by Crippen LogP contribution is -2.14. The Morgan fingerprint density at radius 3 is 2.69 bits per heavy atom. The Morgan fingerprint density at radius 2 is 1.82 bits per heavy atom. The predicted octanol–water partition coefficient (Wildman–Crippen LogP) is 6.00. The zero-order chi connectivity index (χ0) is 26.2. The summed E-state index contributed by atoms with van der Waals surface area (Å²) < 4.78 is 5.28. The lowest BCUT2D eigenvalue weighted by atomic mass is 10.1. The topological polar surface area (TPSA) is 125 Å². The van der Waals surface area contributed by atoms with Gasteiger partial charge < -0.3 is 14.7 Å². The Kier molecular flexibility index (Phi) is 5.44. The van der Waals surface area contributed by atoms with E-state index in [-0.39, 0.29) is 12.3 Å². The average Bonchev–Trinajstić information content (AvgIpc) is 3.73. The molecule has 0 aliphatic carbocycles. The van der Waals surface area contributed by atoms with Crippen LogP contribution in [-0.2, 0) is 11.2 Å². The molecule has 0 radical (unpaired) electrons. The fraction of sp³-hybridized carbons (Fsp3) is 0.0333. The van der Waals surface area contributed by atoms with Crippen molar-refractivity contribution in [2.24, 2.45) is 0 Å². The van der Waals surface area contributed by atoms with E-state index in [2.05, 4.69) is 30.5 Å². The molecule has 0 bridgehead atoms. The maximum atomic E-state index is 12.6. The maximum absolute atomic E-state index is 12.6. The van der Waals surface area contributed by atoms with Crippen molar-refractivity contribution >= 4 is 33.7 Å². The van der Waals surface area contributed by atoms with Crippen LogP contribution in [0.5, 0.6) is 0 Å². The van der Waals surface area contributed by atoms with Gasteiger partial charge >= 0.3 is 0 Å². The zero-order valence-corrected chi connectivity index (χ0v) is 20.6. The van der Waals surface area contributed by atoms with Gasteiger partial charge in [-0.15, -0.1) is 0 Å². The van der Waals surface area contributed by atoms with E-state index < -0.39 is 0 Å². The molecule has 0 fully saturated rings. The third-order valence-electron chi connectivity index (χ3n) is 6.55. The maximum Gasteiger partial charge on any atom is 0.228 e. The van der Waals surface area contributed by atoms with Crippen LogP contribution >= 0.6 is 0 Å². The first-order valence-electron chi connectivity index (χ1n) is 12.4. The molecule has 9 nitrogen and oxygen atoms in total. The summed E-state index contributed by atoms with van der Waals surface area (Å²) in [5.74, 6) is 0.549. The third kappa shape index (κ3) is 4.31. The molecule has 5 heterocycles. The van der Waals surface area contributed by atoms with Crippen LogP contribution in [0.25, 0.3) is 55.8 Å². The minimum absolute atomic E-state index is 0.106. The molecular weight excluding hydrogens is 490 g/mol. The summed E-state index contributed by atoms with van der Waals surface area (Å²) >= 11 is 0. The van der Waals surface area contributed by atoms with Crippen molar-refractivity contribution in [2.75, 3.05) is 5.32 Å². The average molecular weight is 512 g/mol. The number of aromatic nitrogens is 6. The lowest BCUT2D eigenvalue weighted by molar-refractivity contribution is -0.115. The van der Waals surface area contributed by atoms with E-state index in [0.717, 1.165) is 49.9 Å². The normalized spacial score (nSPS) is 11.3. The Bertz CT molecular complexity index is 1940. The van der Waals surface area contributed by atoms with Crippen molar-refractivity contribution in [3.63, 3.8) is 0 Å². The number of imidazole rings is 1. The van der Waals surface area contributed by atoms with Crippen LogP contribution in [0.15, 0.2) is 102 Å². The molecule has 7 rings (SSSR count). The molecule has 0 atom stereocenters. The van der Waals surface area contributed by atoms with Crippen molar-refractivity contribution in [2.45, 2.75) is 6.42 Å². The van der Waals surface area contributed by atoms with E-state index in [1.54, 1.807) is 31.1 Å². The summed E-state index contributed by atoms with van der Waals surface area (Å²) in [4.78, 5) is 29.7. The van der Waals surface area contributed by atoms with Crippen molar-refractivity contribution < 1.29 is 9.21 Å². The van der Waals surface area contributed by atoms with Crippen LogP contribution in [-0.4, -0.2) is 36.0 Å². The quantitative estimate of drug-likeness (QED) is 0.251. The van der Waals surface area contributed by atoms with Crippen LogP contribution in [0, 0.1) is 0 Å². The highest BCUT2D eigenvalue weighted by Crippen LogP contribution is 2.32. The number of anilines is 1. The highest BCUT2D eigenvalue weighted by atomic mass is 16.3. The molecule has 9 heteroatoms. The van der Waals surface area contributed by atoms with Gasteiger partial charge in [0.15, 0.2) is 11.5 Å². The number of rotatable bonds is 6. The van der Waals surface area contributed by atoms with Crippen molar-refractivity contribution in [3.05, 3.63) is 103 Å². The monoisotopic (exact) mass is 511 g/mol. The SMILES string of the molecule is O=C(Cc1ccccc1)Nc1cncc(-c2cnc3n[nH]c(-c4nc5c(-c6ccoc6)cccc5[nH]4)c3c2)c1. The number of aromatic amines is 2. The predicted molar refractivity (Wildman–Crippen MR) is 149 cm³/mol. The highest BCUT2D eigenvalue weighted by molar-refractivity contribution is 5.97. The summed E-state index contributed by atoms with van der Waals surface area (Å²) in [7, 11) is 0. The van der Waals surface area contributed by atoms with Gasteiger partial charge in [0.2, 0.25) is 5.91 Å². The molecule has 0 spiro atoms. The van der Waals surface area contributed by atoms with E-state index >= 15 is 0 Å².